The Bertz CT molecular complexity index is 1100. The van der Waals surface area contributed by atoms with E-state index in [9.17, 15) is 4.39 Å². The second kappa shape index (κ2) is 8.94. The fourth-order valence-electron chi connectivity index (χ4n) is 2.48. The van der Waals surface area contributed by atoms with Gasteiger partial charge in [-0.05, 0) is 37.3 Å². The van der Waals surface area contributed by atoms with Gasteiger partial charge in [-0.25, -0.2) is 9.37 Å². The van der Waals surface area contributed by atoms with E-state index < -0.39 is 6.10 Å². The van der Waals surface area contributed by atoms with Gasteiger partial charge in [0, 0.05) is 16.7 Å². The van der Waals surface area contributed by atoms with Crippen molar-refractivity contribution in [2.24, 2.45) is 0 Å². The van der Waals surface area contributed by atoms with Gasteiger partial charge in [-0.15, -0.1) is 21.5 Å². The molecule has 0 radical (unpaired) electrons. The van der Waals surface area contributed by atoms with Crippen LogP contribution in [0, 0.1) is 5.82 Å². The van der Waals surface area contributed by atoms with E-state index in [-0.39, 0.29) is 5.82 Å². The van der Waals surface area contributed by atoms with Gasteiger partial charge in [0.05, 0.1) is 10.7 Å². The second-order valence-electron chi connectivity index (χ2n) is 6.03. The summed E-state index contributed by atoms with van der Waals surface area (Å²) < 4.78 is 24.4. The Morgan fingerprint density at radius 3 is 2.76 bits per heavy atom. The summed E-state index contributed by atoms with van der Waals surface area (Å²) in [5.74, 6) is 1.16. The zero-order chi connectivity index (χ0) is 20.2. The number of thioether (sulfide) groups is 1. The second-order valence-corrected chi connectivity index (χ2v) is 8.22. The third-order valence-corrected chi connectivity index (χ3v) is 6.00. The number of benzene rings is 2. The largest absolute Gasteiger partial charge is 0.481 e. The number of ether oxygens (including phenoxy) is 1. The molecular weight excluding hydrogens is 433 g/mol. The third kappa shape index (κ3) is 4.95. The predicted octanol–water partition coefficient (Wildman–Crippen LogP) is 6.42. The van der Waals surface area contributed by atoms with Crippen LogP contribution in [0.2, 0.25) is 5.02 Å². The van der Waals surface area contributed by atoms with Crippen LogP contribution < -0.4 is 4.74 Å². The van der Waals surface area contributed by atoms with Crippen LogP contribution >= 0.6 is 34.7 Å². The van der Waals surface area contributed by atoms with E-state index in [2.05, 4.69) is 15.2 Å². The van der Waals surface area contributed by atoms with Gasteiger partial charge in [0.25, 0.3) is 11.1 Å². The highest BCUT2D eigenvalue weighted by Gasteiger charge is 2.17. The van der Waals surface area contributed by atoms with Crippen molar-refractivity contribution in [2.75, 3.05) is 0 Å². The average Bonchev–Trinajstić information content (AvgIpc) is 3.38. The lowest BCUT2D eigenvalue weighted by molar-refractivity contribution is 0.181. The maximum absolute atomic E-state index is 13.0. The molecule has 29 heavy (non-hydrogen) atoms. The lowest BCUT2D eigenvalue weighted by atomic mass is 10.2. The summed E-state index contributed by atoms with van der Waals surface area (Å²) in [6.07, 6.45) is -0.451. The molecule has 0 aliphatic rings. The van der Waals surface area contributed by atoms with Crippen molar-refractivity contribution in [1.29, 1.82) is 0 Å². The number of hydrogen-bond donors (Lipinski definition) is 0. The molecule has 1 unspecified atom stereocenters. The maximum Gasteiger partial charge on any atom is 0.277 e. The van der Waals surface area contributed by atoms with E-state index in [0.29, 0.717) is 27.6 Å². The molecule has 4 aromatic rings. The summed E-state index contributed by atoms with van der Waals surface area (Å²) in [6.45, 7) is 1.79. The first kappa shape index (κ1) is 19.9. The predicted molar refractivity (Wildman–Crippen MR) is 112 cm³/mol. The standard InChI is InChI=1S/C20H15ClFN3O2S2/c1-12(26-15-8-6-13(22)7-9-15)18-24-25-20(27-18)29-11-14-10-28-19(23-14)16-4-2-3-5-17(16)21/h2-10,12H,11H2,1H3. The molecule has 0 N–H and O–H groups in total. The van der Waals surface area contributed by atoms with Gasteiger partial charge in [-0.2, -0.15) is 0 Å². The molecule has 2 aromatic carbocycles. The molecule has 2 heterocycles. The molecule has 4 rings (SSSR count). The first-order chi connectivity index (χ1) is 14.1. The highest BCUT2D eigenvalue weighted by molar-refractivity contribution is 7.98. The third-order valence-electron chi connectivity index (χ3n) is 3.90. The van der Waals surface area contributed by atoms with Gasteiger partial charge in [-0.3, -0.25) is 0 Å². The molecule has 2 aromatic heterocycles. The fraction of sp³-hybridized carbons (Fsp3) is 0.150. The van der Waals surface area contributed by atoms with Crippen LogP contribution in [0.15, 0.2) is 63.6 Å². The van der Waals surface area contributed by atoms with Crippen molar-refractivity contribution >= 4 is 34.7 Å². The monoisotopic (exact) mass is 447 g/mol. The number of halogens is 2. The van der Waals surface area contributed by atoms with E-state index in [1.165, 1.54) is 23.9 Å². The Balaban J connectivity index is 1.36. The number of nitrogens with zero attached hydrogens (tertiary/aromatic N) is 3. The van der Waals surface area contributed by atoms with Crippen molar-refractivity contribution in [3.63, 3.8) is 0 Å². The molecule has 0 spiro atoms. The van der Waals surface area contributed by atoms with Crippen molar-refractivity contribution in [1.82, 2.24) is 15.2 Å². The van der Waals surface area contributed by atoms with Gasteiger partial charge in [0.2, 0.25) is 0 Å². The molecule has 0 aliphatic carbocycles. The minimum Gasteiger partial charge on any atom is -0.481 e. The van der Waals surface area contributed by atoms with Crippen molar-refractivity contribution in [3.05, 3.63) is 76.3 Å². The Morgan fingerprint density at radius 1 is 1.17 bits per heavy atom. The van der Waals surface area contributed by atoms with Crippen LogP contribution in [-0.4, -0.2) is 15.2 Å². The molecule has 9 heteroatoms. The molecule has 148 valence electrons. The molecule has 0 saturated heterocycles. The SMILES string of the molecule is CC(Oc1ccc(F)cc1)c1nnc(SCc2csc(-c3ccccc3Cl)n2)o1. The molecule has 0 amide bonds. The summed E-state index contributed by atoms with van der Waals surface area (Å²) in [5.41, 5.74) is 1.83. The minimum atomic E-state index is -0.451. The lowest BCUT2D eigenvalue weighted by Crippen LogP contribution is -2.03. The first-order valence-corrected chi connectivity index (χ1v) is 10.9. The van der Waals surface area contributed by atoms with E-state index in [1.54, 1.807) is 30.4 Å². The number of rotatable bonds is 7. The molecule has 5 nitrogen and oxygen atoms in total. The summed E-state index contributed by atoms with van der Waals surface area (Å²) in [7, 11) is 0. The van der Waals surface area contributed by atoms with Gasteiger partial charge in [-0.1, -0.05) is 41.6 Å². The molecule has 0 fully saturated rings. The Kier molecular flexibility index (Phi) is 6.13. The van der Waals surface area contributed by atoms with E-state index >= 15 is 0 Å². The van der Waals surface area contributed by atoms with Gasteiger partial charge in [0.15, 0.2) is 6.10 Å². The molecule has 0 saturated carbocycles. The topological polar surface area (TPSA) is 61.0 Å². The van der Waals surface area contributed by atoms with Crippen LogP contribution in [0.3, 0.4) is 0 Å². The Labute approximate surface area is 179 Å². The van der Waals surface area contributed by atoms with E-state index in [0.717, 1.165) is 16.3 Å². The van der Waals surface area contributed by atoms with Crippen LogP contribution in [0.5, 0.6) is 5.75 Å². The van der Waals surface area contributed by atoms with Crippen LogP contribution in [0.25, 0.3) is 10.6 Å². The van der Waals surface area contributed by atoms with Crippen molar-refractivity contribution in [2.45, 2.75) is 24.0 Å². The Hall–Kier alpha value is -2.42. The quantitative estimate of drug-likeness (QED) is 0.305. The fourth-order valence-corrected chi connectivity index (χ4v) is 4.39. The highest BCUT2D eigenvalue weighted by Crippen LogP contribution is 2.32. The van der Waals surface area contributed by atoms with Crippen LogP contribution in [-0.2, 0) is 5.75 Å². The molecular formula is C20H15ClFN3O2S2. The van der Waals surface area contributed by atoms with Gasteiger partial charge in [0.1, 0.15) is 16.6 Å². The highest BCUT2D eigenvalue weighted by atomic mass is 35.5. The average molecular weight is 448 g/mol. The summed E-state index contributed by atoms with van der Waals surface area (Å²) in [6, 6.07) is 13.4. The zero-order valence-electron chi connectivity index (χ0n) is 15.2. The van der Waals surface area contributed by atoms with E-state index in [1.807, 2.05) is 29.6 Å². The molecule has 1 atom stereocenters. The minimum absolute atomic E-state index is 0.318. The normalized spacial score (nSPS) is 12.1. The maximum atomic E-state index is 13.0. The molecule has 0 bridgehead atoms. The lowest BCUT2D eigenvalue weighted by Gasteiger charge is -2.10. The Morgan fingerprint density at radius 2 is 1.97 bits per heavy atom. The van der Waals surface area contributed by atoms with Gasteiger partial charge >= 0.3 is 0 Å². The van der Waals surface area contributed by atoms with E-state index in [4.69, 9.17) is 20.8 Å². The first-order valence-electron chi connectivity index (χ1n) is 8.66. The van der Waals surface area contributed by atoms with Crippen molar-refractivity contribution in [3.8, 4) is 16.3 Å². The summed E-state index contributed by atoms with van der Waals surface area (Å²) >= 11 is 9.18. The van der Waals surface area contributed by atoms with Crippen LogP contribution in [0.4, 0.5) is 4.39 Å². The molecule has 0 aliphatic heterocycles. The number of aromatic nitrogens is 3. The summed E-state index contributed by atoms with van der Waals surface area (Å²) in [5, 5.41) is 12.1. The number of thiazole rings is 1. The van der Waals surface area contributed by atoms with Crippen LogP contribution in [0.1, 0.15) is 24.6 Å². The smallest absolute Gasteiger partial charge is 0.277 e. The van der Waals surface area contributed by atoms with Gasteiger partial charge < -0.3 is 9.15 Å². The summed E-state index contributed by atoms with van der Waals surface area (Å²) in [4.78, 5) is 4.63. The van der Waals surface area contributed by atoms with Crippen molar-refractivity contribution < 1.29 is 13.5 Å². The zero-order valence-corrected chi connectivity index (χ0v) is 17.6. The number of hydrogen-bond acceptors (Lipinski definition) is 7.